The van der Waals surface area contributed by atoms with Crippen LogP contribution in [0.1, 0.15) is 142 Å². The van der Waals surface area contributed by atoms with Gasteiger partial charge in [-0.2, -0.15) is 0 Å². The van der Waals surface area contributed by atoms with Gasteiger partial charge in [0, 0.05) is 13.1 Å². The molecular formula is C38H64N2. The van der Waals surface area contributed by atoms with E-state index < -0.39 is 0 Å². The predicted molar refractivity (Wildman–Crippen MR) is 179 cm³/mol. The van der Waals surface area contributed by atoms with Crippen LogP contribution in [0.4, 0.5) is 0 Å². The first-order valence-electron chi connectivity index (χ1n) is 17.3. The van der Waals surface area contributed by atoms with Crippen molar-refractivity contribution in [2.24, 2.45) is 0 Å². The average Bonchev–Trinajstić information content (AvgIpc) is 2.98. The second-order valence-electron chi connectivity index (χ2n) is 12.1. The van der Waals surface area contributed by atoms with Crippen molar-refractivity contribution in [2.75, 3.05) is 26.2 Å². The molecule has 226 valence electrons. The summed E-state index contributed by atoms with van der Waals surface area (Å²) in [6.45, 7) is 16.3. The lowest BCUT2D eigenvalue weighted by Crippen LogP contribution is -2.26. The molecule has 2 nitrogen and oxygen atoms in total. The quantitative estimate of drug-likeness (QED) is 0.114. The fraction of sp³-hybridized carbons (Fsp3) is 0.684. The first kappa shape index (κ1) is 34.6. The lowest BCUT2D eigenvalue weighted by molar-refractivity contribution is 0.254. The summed E-state index contributed by atoms with van der Waals surface area (Å²) >= 11 is 0. The molecule has 0 saturated heterocycles. The molecule has 0 spiro atoms. The minimum atomic E-state index is 1.07. The highest BCUT2D eigenvalue weighted by atomic mass is 15.1. The molecule has 0 radical (unpaired) electrons. The van der Waals surface area contributed by atoms with E-state index in [9.17, 15) is 0 Å². The molecule has 0 aliphatic rings. The fourth-order valence-corrected chi connectivity index (χ4v) is 5.86. The van der Waals surface area contributed by atoms with E-state index in [0.717, 1.165) is 13.1 Å². The number of rotatable bonds is 25. The van der Waals surface area contributed by atoms with Crippen molar-refractivity contribution < 1.29 is 0 Å². The van der Waals surface area contributed by atoms with E-state index in [0.29, 0.717) is 0 Å². The minimum absolute atomic E-state index is 1.07. The van der Waals surface area contributed by atoms with Gasteiger partial charge in [0.2, 0.25) is 0 Å². The Labute approximate surface area is 249 Å². The summed E-state index contributed by atoms with van der Waals surface area (Å²) in [5, 5.41) is 0. The maximum Gasteiger partial charge on any atom is 0.0239 e. The van der Waals surface area contributed by atoms with E-state index in [4.69, 9.17) is 0 Å². The van der Waals surface area contributed by atoms with Crippen LogP contribution in [-0.2, 0) is 13.1 Å². The average molecular weight is 549 g/mol. The molecule has 0 atom stereocenters. The largest absolute Gasteiger partial charge is 0.299 e. The normalized spacial score (nSPS) is 11.7. The van der Waals surface area contributed by atoms with Crippen LogP contribution in [0.5, 0.6) is 0 Å². The van der Waals surface area contributed by atoms with E-state index in [1.807, 2.05) is 0 Å². The maximum absolute atomic E-state index is 2.73. The molecule has 0 fully saturated rings. The molecule has 2 aromatic carbocycles. The van der Waals surface area contributed by atoms with E-state index >= 15 is 0 Å². The van der Waals surface area contributed by atoms with Crippen molar-refractivity contribution >= 4 is 0 Å². The van der Waals surface area contributed by atoms with Crippen LogP contribution >= 0.6 is 0 Å². The molecule has 2 aromatic rings. The molecule has 0 N–H and O–H groups in total. The Morgan fingerprint density at radius 2 is 0.700 bits per heavy atom. The summed E-state index contributed by atoms with van der Waals surface area (Å²) in [5.41, 5.74) is 5.87. The Bertz CT molecular complexity index is 789. The van der Waals surface area contributed by atoms with Gasteiger partial charge >= 0.3 is 0 Å². The smallest absolute Gasteiger partial charge is 0.0239 e. The number of hydrogen-bond donors (Lipinski definition) is 0. The number of hydrogen-bond acceptors (Lipinski definition) is 2. The first-order chi connectivity index (χ1) is 19.7. The highest BCUT2D eigenvalue weighted by Gasteiger charge is 2.15. The van der Waals surface area contributed by atoms with Crippen molar-refractivity contribution in [3.63, 3.8) is 0 Å². The van der Waals surface area contributed by atoms with Gasteiger partial charge in [0.05, 0.1) is 0 Å². The van der Waals surface area contributed by atoms with Gasteiger partial charge in [-0.05, 0) is 74.1 Å². The summed E-state index contributed by atoms with van der Waals surface area (Å²) in [6.07, 6.45) is 21.6. The lowest BCUT2D eigenvalue weighted by atomic mass is 9.94. The second-order valence-corrected chi connectivity index (χ2v) is 12.1. The van der Waals surface area contributed by atoms with Crippen LogP contribution < -0.4 is 0 Å². The Morgan fingerprint density at radius 1 is 0.375 bits per heavy atom. The number of benzene rings is 2. The van der Waals surface area contributed by atoms with Crippen LogP contribution in [0, 0.1) is 0 Å². The van der Waals surface area contributed by atoms with Crippen LogP contribution in [0.15, 0.2) is 48.5 Å². The van der Waals surface area contributed by atoms with Crippen molar-refractivity contribution in [3.05, 3.63) is 59.7 Å². The topological polar surface area (TPSA) is 6.48 Å². The van der Waals surface area contributed by atoms with Gasteiger partial charge in [0.1, 0.15) is 0 Å². The molecule has 0 amide bonds. The zero-order chi connectivity index (χ0) is 28.7. The van der Waals surface area contributed by atoms with E-state index in [-0.39, 0.29) is 0 Å². The summed E-state index contributed by atoms with van der Waals surface area (Å²) in [7, 11) is 0. The molecule has 0 bridgehead atoms. The minimum Gasteiger partial charge on any atom is -0.299 e. The highest BCUT2D eigenvalue weighted by Crippen LogP contribution is 2.29. The van der Waals surface area contributed by atoms with Gasteiger partial charge < -0.3 is 0 Å². The maximum atomic E-state index is 2.73. The molecule has 0 aliphatic carbocycles. The molecule has 40 heavy (non-hydrogen) atoms. The van der Waals surface area contributed by atoms with E-state index in [1.54, 1.807) is 0 Å². The molecule has 2 heteroatoms. The SMILES string of the molecule is CCCCCCCCN(CCCC)Cc1ccccc1-c1ccccc1CN(CCCC)CCCCCCCC. The summed E-state index contributed by atoms with van der Waals surface area (Å²) < 4.78 is 0. The van der Waals surface area contributed by atoms with Gasteiger partial charge in [-0.3, -0.25) is 9.80 Å². The zero-order valence-corrected chi connectivity index (χ0v) is 27.1. The second kappa shape index (κ2) is 23.0. The van der Waals surface area contributed by atoms with Crippen molar-refractivity contribution in [1.29, 1.82) is 0 Å². The first-order valence-corrected chi connectivity index (χ1v) is 17.3. The van der Waals surface area contributed by atoms with Gasteiger partial charge in [-0.25, -0.2) is 0 Å². The molecule has 2 rings (SSSR count). The lowest BCUT2D eigenvalue weighted by Gasteiger charge is -2.26. The van der Waals surface area contributed by atoms with Crippen molar-refractivity contribution in [1.82, 2.24) is 9.80 Å². The Morgan fingerprint density at radius 3 is 1.10 bits per heavy atom. The van der Waals surface area contributed by atoms with Crippen LogP contribution in [0.2, 0.25) is 0 Å². The molecular weight excluding hydrogens is 484 g/mol. The summed E-state index contributed by atoms with van der Waals surface area (Å²) in [4.78, 5) is 5.47. The molecule has 0 aromatic heterocycles. The predicted octanol–water partition coefficient (Wildman–Crippen LogP) is 11.3. The fourth-order valence-electron chi connectivity index (χ4n) is 5.86. The molecule has 0 aliphatic heterocycles. The van der Waals surface area contributed by atoms with Crippen molar-refractivity contribution in [3.8, 4) is 11.1 Å². The van der Waals surface area contributed by atoms with Crippen LogP contribution in [0.3, 0.4) is 0 Å². The summed E-state index contributed by atoms with van der Waals surface area (Å²) in [5.74, 6) is 0. The standard InChI is InChI=1S/C38H64N2/c1-5-9-13-15-17-23-31-39(29-11-7-3)33-35-25-19-21-27-37(35)38-28-22-20-26-36(38)34-40(30-12-8-4)32-24-18-16-14-10-6-2/h19-22,25-28H,5-18,23-24,29-34H2,1-4H3. The third-order valence-electron chi connectivity index (χ3n) is 8.42. The van der Waals surface area contributed by atoms with Gasteiger partial charge in [-0.15, -0.1) is 0 Å². The molecule has 0 saturated carbocycles. The summed E-state index contributed by atoms with van der Waals surface area (Å²) in [6, 6.07) is 18.5. The van der Waals surface area contributed by atoms with Gasteiger partial charge in [0.25, 0.3) is 0 Å². The monoisotopic (exact) mass is 549 g/mol. The third-order valence-corrected chi connectivity index (χ3v) is 8.42. The molecule has 0 heterocycles. The Hall–Kier alpha value is -1.64. The Kier molecular flexibility index (Phi) is 19.9. The number of unbranched alkanes of at least 4 members (excludes halogenated alkanes) is 12. The van der Waals surface area contributed by atoms with Crippen molar-refractivity contribution in [2.45, 2.75) is 144 Å². The highest BCUT2D eigenvalue weighted by molar-refractivity contribution is 5.70. The zero-order valence-electron chi connectivity index (χ0n) is 27.1. The third kappa shape index (κ3) is 14.3. The van der Waals surface area contributed by atoms with E-state index in [1.165, 1.54) is 151 Å². The number of nitrogens with zero attached hydrogens (tertiary/aromatic N) is 2. The molecule has 0 unspecified atom stereocenters. The van der Waals surface area contributed by atoms with Gasteiger partial charge in [0.15, 0.2) is 0 Å². The Balaban J connectivity index is 2.12. The van der Waals surface area contributed by atoms with Gasteiger partial charge in [-0.1, -0.05) is 153 Å². The van der Waals surface area contributed by atoms with Crippen LogP contribution in [0.25, 0.3) is 11.1 Å². The van der Waals surface area contributed by atoms with E-state index in [2.05, 4.69) is 86.0 Å². The van der Waals surface area contributed by atoms with Crippen LogP contribution in [-0.4, -0.2) is 36.0 Å².